The molecule has 0 aliphatic rings. The van der Waals surface area contributed by atoms with Crippen molar-refractivity contribution in [1.82, 2.24) is 5.32 Å². The van der Waals surface area contributed by atoms with E-state index >= 15 is 0 Å². The van der Waals surface area contributed by atoms with Gasteiger partial charge < -0.3 is 9.84 Å². The third kappa shape index (κ3) is 3.44. The van der Waals surface area contributed by atoms with Gasteiger partial charge in [0, 0.05) is 6.54 Å². The molecule has 72 valence electrons. The first-order valence-electron chi connectivity index (χ1n) is 4.27. The predicted octanol–water partition coefficient (Wildman–Crippen LogP) is 1.12. The van der Waals surface area contributed by atoms with Crippen LogP contribution in [0.15, 0.2) is 24.3 Å². The molecule has 0 spiro atoms. The maximum absolute atomic E-state index is 9.00. The highest BCUT2D eigenvalue weighted by Gasteiger charge is 1.97. The van der Waals surface area contributed by atoms with Gasteiger partial charge in [0.15, 0.2) is 0 Å². The van der Waals surface area contributed by atoms with Gasteiger partial charge in [-0.05, 0) is 24.6 Å². The van der Waals surface area contributed by atoms with Crippen LogP contribution in [0.1, 0.15) is 12.5 Å². The minimum Gasteiger partial charge on any atom is -0.497 e. The zero-order valence-electron chi connectivity index (χ0n) is 7.95. The van der Waals surface area contributed by atoms with Crippen molar-refractivity contribution in [2.45, 2.75) is 19.7 Å². The lowest BCUT2D eigenvalue weighted by molar-refractivity contribution is 0.155. The van der Waals surface area contributed by atoms with Crippen LogP contribution >= 0.6 is 0 Å². The van der Waals surface area contributed by atoms with Crippen LogP contribution in [-0.2, 0) is 6.54 Å². The highest BCUT2D eigenvalue weighted by atomic mass is 16.5. The van der Waals surface area contributed by atoms with Crippen molar-refractivity contribution >= 4 is 0 Å². The molecule has 0 saturated carbocycles. The molecular formula is C10H15NO2. The Morgan fingerprint density at radius 3 is 2.92 bits per heavy atom. The van der Waals surface area contributed by atoms with Crippen molar-refractivity contribution in [2.24, 2.45) is 0 Å². The van der Waals surface area contributed by atoms with E-state index in [1.807, 2.05) is 24.3 Å². The topological polar surface area (TPSA) is 41.5 Å². The standard InChI is InChI=1S/C10H15NO2/c1-8(12)11-7-9-4-3-5-10(6-9)13-2/h3-6,8,11-12H,7H2,1-2H3. The minimum absolute atomic E-state index is 0.480. The number of rotatable bonds is 4. The number of ether oxygens (including phenoxy) is 1. The van der Waals surface area contributed by atoms with Crippen molar-refractivity contribution in [1.29, 1.82) is 0 Å². The van der Waals surface area contributed by atoms with Gasteiger partial charge in [-0.15, -0.1) is 0 Å². The van der Waals surface area contributed by atoms with Gasteiger partial charge in [-0.1, -0.05) is 12.1 Å². The molecule has 3 heteroatoms. The Morgan fingerprint density at radius 2 is 2.31 bits per heavy atom. The molecule has 13 heavy (non-hydrogen) atoms. The summed E-state index contributed by atoms with van der Waals surface area (Å²) in [5, 5.41) is 11.9. The summed E-state index contributed by atoms with van der Waals surface area (Å²) in [6.45, 7) is 2.34. The largest absolute Gasteiger partial charge is 0.497 e. The molecule has 0 bridgehead atoms. The van der Waals surface area contributed by atoms with Gasteiger partial charge >= 0.3 is 0 Å². The first-order chi connectivity index (χ1) is 6.22. The summed E-state index contributed by atoms with van der Waals surface area (Å²) in [4.78, 5) is 0. The predicted molar refractivity (Wildman–Crippen MR) is 51.5 cm³/mol. The molecule has 1 atom stereocenters. The molecule has 0 aromatic heterocycles. The Bertz CT molecular complexity index is 261. The smallest absolute Gasteiger partial charge is 0.119 e. The summed E-state index contributed by atoms with van der Waals surface area (Å²) in [7, 11) is 1.64. The first-order valence-corrected chi connectivity index (χ1v) is 4.27. The third-order valence-corrected chi connectivity index (χ3v) is 1.74. The number of benzene rings is 1. The average molecular weight is 181 g/mol. The first kappa shape index (κ1) is 10.0. The summed E-state index contributed by atoms with van der Waals surface area (Å²) in [5.41, 5.74) is 1.10. The number of nitrogens with one attached hydrogen (secondary N) is 1. The summed E-state index contributed by atoms with van der Waals surface area (Å²) < 4.78 is 5.07. The zero-order chi connectivity index (χ0) is 9.68. The minimum atomic E-state index is -0.480. The summed E-state index contributed by atoms with van der Waals surface area (Å²) >= 11 is 0. The summed E-state index contributed by atoms with van der Waals surface area (Å²) in [5.74, 6) is 0.838. The van der Waals surface area contributed by atoms with Crippen LogP contribution in [0.25, 0.3) is 0 Å². The van der Waals surface area contributed by atoms with E-state index in [9.17, 15) is 0 Å². The molecule has 3 nitrogen and oxygen atoms in total. The number of hydrogen-bond donors (Lipinski definition) is 2. The van der Waals surface area contributed by atoms with E-state index in [4.69, 9.17) is 9.84 Å². The van der Waals surface area contributed by atoms with Crippen LogP contribution in [0.3, 0.4) is 0 Å². The van der Waals surface area contributed by atoms with Gasteiger partial charge in [0.1, 0.15) is 12.0 Å². The molecule has 0 heterocycles. The fourth-order valence-corrected chi connectivity index (χ4v) is 1.05. The molecule has 1 aromatic rings. The second kappa shape index (κ2) is 4.84. The normalized spacial score (nSPS) is 12.5. The van der Waals surface area contributed by atoms with Crippen LogP contribution < -0.4 is 10.1 Å². The molecular weight excluding hydrogens is 166 g/mol. The monoisotopic (exact) mass is 181 g/mol. The average Bonchev–Trinajstić information content (AvgIpc) is 2.15. The van der Waals surface area contributed by atoms with Crippen LogP contribution in [0.4, 0.5) is 0 Å². The fraction of sp³-hybridized carbons (Fsp3) is 0.400. The van der Waals surface area contributed by atoms with Gasteiger partial charge in [-0.3, -0.25) is 5.32 Å². The van der Waals surface area contributed by atoms with E-state index in [-0.39, 0.29) is 0 Å². The van der Waals surface area contributed by atoms with Crippen molar-refractivity contribution in [3.63, 3.8) is 0 Å². The van der Waals surface area contributed by atoms with Crippen LogP contribution in [-0.4, -0.2) is 18.4 Å². The second-order valence-corrected chi connectivity index (χ2v) is 2.91. The van der Waals surface area contributed by atoms with E-state index in [0.29, 0.717) is 6.54 Å². The molecule has 1 aromatic carbocycles. The molecule has 1 rings (SSSR count). The lowest BCUT2D eigenvalue weighted by atomic mass is 10.2. The highest BCUT2D eigenvalue weighted by Crippen LogP contribution is 2.11. The van der Waals surface area contributed by atoms with E-state index in [0.717, 1.165) is 11.3 Å². The Labute approximate surface area is 78.3 Å². The van der Waals surface area contributed by atoms with Crippen molar-refractivity contribution in [2.75, 3.05) is 7.11 Å². The zero-order valence-corrected chi connectivity index (χ0v) is 7.95. The van der Waals surface area contributed by atoms with Gasteiger partial charge in [0.05, 0.1) is 7.11 Å². The number of methoxy groups -OCH3 is 1. The summed E-state index contributed by atoms with van der Waals surface area (Å²) in [6, 6.07) is 7.75. The van der Waals surface area contributed by atoms with Crippen LogP contribution in [0.2, 0.25) is 0 Å². The van der Waals surface area contributed by atoms with E-state index < -0.39 is 6.23 Å². The maximum atomic E-state index is 9.00. The molecule has 0 aliphatic heterocycles. The number of aliphatic hydroxyl groups is 1. The van der Waals surface area contributed by atoms with Crippen LogP contribution in [0.5, 0.6) is 5.75 Å². The van der Waals surface area contributed by atoms with Gasteiger partial charge in [-0.25, -0.2) is 0 Å². The molecule has 0 amide bonds. The highest BCUT2D eigenvalue weighted by molar-refractivity contribution is 5.28. The number of aliphatic hydroxyl groups excluding tert-OH is 1. The molecule has 0 aliphatic carbocycles. The third-order valence-electron chi connectivity index (χ3n) is 1.74. The molecule has 0 saturated heterocycles. The Kier molecular flexibility index (Phi) is 3.73. The van der Waals surface area contributed by atoms with Gasteiger partial charge in [0.2, 0.25) is 0 Å². The second-order valence-electron chi connectivity index (χ2n) is 2.91. The molecule has 0 radical (unpaired) electrons. The van der Waals surface area contributed by atoms with Crippen molar-refractivity contribution < 1.29 is 9.84 Å². The van der Waals surface area contributed by atoms with E-state index in [1.54, 1.807) is 14.0 Å². The lowest BCUT2D eigenvalue weighted by Gasteiger charge is -2.08. The van der Waals surface area contributed by atoms with E-state index in [2.05, 4.69) is 5.32 Å². The fourth-order valence-electron chi connectivity index (χ4n) is 1.05. The quantitative estimate of drug-likeness (QED) is 0.684. The van der Waals surface area contributed by atoms with Crippen molar-refractivity contribution in [3.8, 4) is 5.75 Å². The lowest BCUT2D eigenvalue weighted by Crippen LogP contribution is -2.24. The Hall–Kier alpha value is -1.06. The Morgan fingerprint density at radius 1 is 1.54 bits per heavy atom. The molecule has 0 fully saturated rings. The molecule has 2 N–H and O–H groups in total. The maximum Gasteiger partial charge on any atom is 0.119 e. The van der Waals surface area contributed by atoms with Gasteiger partial charge in [-0.2, -0.15) is 0 Å². The SMILES string of the molecule is COc1cccc(CNC(C)O)c1. The van der Waals surface area contributed by atoms with E-state index in [1.165, 1.54) is 0 Å². The van der Waals surface area contributed by atoms with Gasteiger partial charge in [0.25, 0.3) is 0 Å². The Balaban J connectivity index is 2.56. The van der Waals surface area contributed by atoms with Crippen LogP contribution in [0, 0.1) is 0 Å². The summed E-state index contributed by atoms with van der Waals surface area (Å²) in [6.07, 6.45) is -0.480. The van der Waals surface area contributed by atoms with Crippen molar-refractivity contribution in [3.05, 3.63) is 29.8 Å². The molecule has 1 unspecified atom stereocenters. The number of hydrogen-bond acceptors (Lipinski definition) is 3.